The number of nitrogens with two attached hydrogens (primary N) is 1. The highest BCUT2D eigenvalue weighted by molar-refractivity contribution is 6.28. The van der Waals surface area contributed by atoms with Crippen LogP contribution < -0.4 is 11.1 Å². The lowest BCUT2D eigenvalue weighted by Gasteiger charge is -2.32. The summed E-state index contributed by atoms with van der Waals surface area (Å²) in [5.41, 5.74) is 6.33. The van der Waals surface area contributed by atoms with Crippen molar-refractivity contribution < 1.29 is 0 Å². The number of nitrogens with one attached hydrogen (secondary N) is 1. The molecule has 0 radical (unpaired) electrons. The van der Waals surface area contributed by atoms with Crippen molar-refractivity contribution in [2.24, 2.45) is 0 Å². The maximum atomic E-state index is 5.79. The Bertz CT molecular complexity index is 392. The number of hydrogen-bond acceptors (Lipinski definition) is 5. The third-order valence-corrected chi connectivity index (χ3v) is 3.55. The quantitative estimate of drug-likeness (QED) is 0.819. The average molecular weight is 270 g/mol. The van der Waals surface area contributed by atoms with Gasteiger partial charge in [-0.05, 0) is 44.5 Å². The Balaban J connectivity index is 1.88. The van der Waals surface area contributed by atoms with Gasteiger partial charge in [0.25, 0.3) is 0 Å². The minimum atomic E-state index is 0.220. The van der Waals surface area contributed by atoms with E-state index >= 15 is 0 Å². The van der Waals surface area contributed by atoms with Crippen molar-refractivity contribution in [2.75, 3.05) is 30.7 Å². The summed E-state index contributed by atoms with van der Waals surface area (Å²) in [7, 11) is 0. The summed E-state index contributed by atoms with van der Waals surface area (Å²) >= 11 is 5.75. The van der Waals surface area contributed by atoms with E-state index in [1.165, 1.54) is 38.5 Å². The topological polar surface area (TPSA) is 67.1 Å². The van der Waals surface area contributed by atoms with Crippen LogP contribution in [0.5, 0.6) is 0 Å². The van der Waals surface area contributed by atoms with Crippen LogP contribution in [-0.4, -0.2) is 40.5 Å². The molecule has 0 amide bonds. The Morgan fingerprint density at radius 2 is 2.17 bits per heavy atom. The van der Waals surface area contributed by atoms with Gasteiger partial charge in [-0.25, -0.2) is 4.98 Å². The first-order valence-corrected chi connectivity index (χ1v) is 6.80. The molecule has 18 heavy (non-hydrogen) atoms. The molecule has 1 aromatic heterocycles. The van der Waals surface area contributed by atoms with Crippen LogP contribution in [-0.2, 0) is 0 Å². The monoisotopic (exact) mass is 269 g/mol. The molecular weight excluding hydrogens is 250 g/mol. The fraction of sp³-hybridized carbons (Fsp3) is 0.667. The number of likely N-dealkylation sites (tertiary alicyclic amines) is 1. The highest BCUT2D eigenvalue weighted by atomic mass is 35.5. The van der Waals surface area contributed by atoms with Crippen LogP contribution in [0.3, 0.4) is 0 Å². The summed E-state index contributed by atoms with van der Waals surface area (Å²) in [6.45, 7) is 5.40. The number of halogens is 1. The molecule has 0 aromatic carbocycles. The van der Waals surface area contributed by atoms with Gasteiger partial charge in [-0.15, -0.1) is 0 Å². The zero-order valence-electron chi connectivity index (χ0n) is 10.7. The minimum Gasteiger partial charge on any atom is -0.394 e. The van der Waals surface area contributed by atoms with Gasteiger partial charge in [0.1, 0.15) is 0 Å². The standard InChI is InChI=1S/C12H20ClN5/c1-9(18-5-3-2-4-6-18)7-15-11-10(14)8-16-12(13)17-11/h8-9H,2-7,14H2,1H3,(H,15,16,17). The van der Waals surface area contributed by atoms with Crippen molar-refractivity contribution in [2.45, 2.75) is 32.2 Å². The number of aromatic nitrogens is 2. The fourth-order valence-corrected chi connectivity index (χ4v) is 2.38. The zero-order chi connectivity index (χ0) is 13.0. The molecule has 1 aromatic rings. The zero-order valence-corrected chi connectivity index (χ0v) is 11.5. The Labute approximate surface area is 113 Å². The normalized spacial score (nSPS) is 18.6. The predicted molar refractivity (Wildman–Crippen MR) is 74.8 cm³/mol. The van der Waals surface area contributed by atoms with Gasteiger partial charge in [-0.2, -0.15) is 4.98 Å². The first-order chi connectivity index (χ1) is 8.66. The van der Waals surface area contributed by atoms with Crippen LogP contribution in [0.15, 0.2) is 6.20 Å². The molecule has 1 saturated heterocycles. The van der Waals surface area contributed by atoms with Gasteiger partial charge in [0.2, 0.25) is 5.28 Å². The molecular formula is C12H20ClN5. The molecule has 1 fully saturated rings. The fourth-order valence-electron chi connectivity index (χ4n) is 2.24. The molecule has 6 heteroatoms. The van der Waals surface area contributed by atoms with Gasteiger partial charge >= 0.3 is 0 Å². The van der Waals surface area contributed by atoms with Crippen molar-refractivity contribution in [1.29, 1.82) is 0 Å². The maximum Gasteiger partial charge on any atom is 0.224 e. The molecule has 0 aliphatic carbocycles. The first kappa shape index (κ1) is 13.4. The lowest BCUT2D eigenvalue weighted by molar-refractivity contribution is 0.180. The first-order valence-electron chi connectivity index (χ1n) is 6.43. The minimum absolute atomic E-state index is 0.220. The molecule has 1 aliphatic heterocycles. The SMILES string of the molecule is CC(CNc1nc(Cl)ncc1N)N1CCCCC1. The summed E-state index contributed by atoms with van der Waals surface area (Å²) in [4.78, 5) is 10.4. The number of hydrogen-bond donors (Lipinski definition) is 2. The summed E-state index contributed by atoms with van der Waals surface area (Å²) in [5.74, 6) is 0.624. The van der Waals surface area contributed by atoms with Crippen molar-refractivity contribution in [1.82, 2.24) is 14.9 Å². The number of nitrogen functional groups attached to an aromatic ring is 1. The summed E-state index contributed by atoms with van der Waals surface area (Å²) in [6, 6.07) is 0.471. The van der Waals surface area contributed by atoms with E-state index in [4.69, 9.17) is 17.3 Å². The van der Waals surface area contributed by atoms with E-state index in [2.05, 4.69) is 27.1 Å². The Morgan fingerprint density at radius 1 is 1.44 bits per heavy atom. The van der Waals surface area contributed by atoms with Crippen LogP contribution in [0.1, 0.15) is 26.2 Å². The van der Waals surface area contributed by atoms with Gasteiger partial charge in [0, 0.05) is 12.6 Å². The predicted octanol–water partition coefficient (Wildman–Crippen LogP) is 2.00. The molecule has 1 atom stereocenters. The largest absolute Gasteiger partial charge is 0.394 e. The van der Waals surface area contributed by atoms with E-state index in [-0.39, 0.29) is 5.28 Å². The van der Waals surface area contributed by atoms with Crippen molar-refractivity contribution in [3.8, 4) is 0 Å². The lowest BCUT2D eigenvalue weighted by Crippen LogP contribution is -2.41. The number of rotatable bonds is 4. The highest BCUT2D eigenvalue weighted by Gasteiger charge is 2.16. The molecule has 2 heterocycles. The molecule has 3 N–H and O–H groups in total. The van der Waals surface area contributed by atoms with Crippen molar-refractivity contribution in [3.63, 3.8) is 0 Å². The second kappa shape index (κ2) is 6.20. The molecule has 1 aliphatic rings. The van der Waals surface area contributed by atoms with Crippen LogP contribution >= 0.6 is 11.6 Å². The highest BCUT2D eigenvalue weighted by Crippen LogP contribution is 2.17. The molecule has 1 unspecified atom stereocenters. The molecule has 2 rings (SSSR count). The van der Waals surface area contributed by atoms with Gasteiger partial charge in [-0.1, -0.05) is 6.42 Å². The Kier molecular flexibility index (Phi) is 4.60. The molecule has 0 saturated carbocycles. The third-order valence-electron chi connectivity index (χ3n) is 3.37. The van der Waals surface area contributed by atoms with E-state index in [1.54, 1.807) is 0 Å². The molecule has 0 bridgehead atoms. The molecule has 0 spiro atoms. The van der Waals surface area contributed by atoms with Crippen LogP contribution in [0.4, 0.5) is 11.5 Å². The second-order valence-electron chi connectivity index (χ2n) is 4.77. The van der Waals surface area contributed by atoms with Crippen molar-refractivity contribution >= 4 is 23.1 Å². The van der Waals surface area contributed by atoms with E-state index in [0.29, 0.717) is 17.5 Å². The number of anilines is 2. The van der Waals surface area contributed by atoms with E-state index in [1.807, 2.05) is 0 Å². The number of piperidine rings is 1. The summed E-state index contributed by atoms with van der Waals surface area (Å²) in [5, 5.41) is 3.47. The molecule has 100 valence electrons. The van der Waals surface area contributed by atoms with Gasteiger partial charge in [0.15, 0.2) is 5.82 Å². The van der Waals surface area contributed by atoms with Gasteiger partial charge in [-0.3, -0.25) is 4.90 Å². The van der Waals surface area contributed by atoms with E-state index in [0.717, 1.165) is 6.54 Å². The van der Waals surface area contributed by atoms with Crippen molar-refractivity contribution in [3.05, 3.63) is 11.5 Å². The van der Waals surface area contributed by atoms with Gasteiger partial charge < -0.3 is 11.1 Å². The van der Waals surface area contributed by atoms with Crippen LogP contribution in [0.2, 0.25) is 5.28 Å². The Hall–Kier alpha value is -1.07. The lowest BCUT2D eigenvalue weighted by atomic mass is 10.1. The Morgan fingerprint density at radius 3 is 2.89 bits per heavy atom. The van der Waals surface area contributed by atoms with Gasteiger partial charge in [0.05, 0.1) is 11.9 Å². The number of nitrogens with zero attached hydrogens (tertiary/aromatic N) is 3. The average Bonchev–Trinajstić information content (AvgIpc) is 2.40. The van der Waals surface area contributed by atoms with Crippen LogP contribution in [0.25, 0.3) is 0 Å². The summed E-state index contributed by atoms with van der Waals surface area (Å²) in [6.07, 6.45) is 5.48. The molecule has 5 nitrogen and oxygen atoms in total. The summed E-state index contributed by atoms with van der Waals surface area (Å²) < 4.78 is 0. The third kappa shape index (κ3) is 3.46. The van der Waals surface area contributed by atoms with Crippen LogP contribution in [0, 0.1) is 0 Å². The van der Waals surface area contributed by atoms with E-state index in [9.17, 15) is 0 Å². The van der Waals surface area contributed by atoms with E-state index < -0.39 is 0 Å². The maximum absolute atomic E-state index is 5.79. The smallest absolute Gasteiger partial charge is 0.224 e. The second-order valence-corrected chi connectivity index (χ2v) is 5.11.